The number of rotatable bonds is 6. The van der Waals surface area contributed by atoms with Crippen LogP contribution in [-0.2, 0) is 13.2 Å². The second-order valence-electron chi connectivity index (χ2n) is 6.33. The Hall–Kier alpha value is -2.33. The molecule has 0 saturated heterocycles. The first kappa shape index (κ1) is 18.5. The van der Waals surface area contributed by atoms with Gasteiger partial charge in [-0.05, 0) is 88.4 Å². The van der Waals surface area contributed by atoms with Gasteiger partial charge in [-0.15, -0.1) is 0 Å². The topological polar surface area (TPSA) is 21.3 Å². The Morgan fingerprint density at radius 1 is 0.885 bits per heavy atom. The summed E-state index contributed by atoms with van der Waals surface area (Å²) in [5.74, 6) is 0.528. The largest absolute Gasteiger partial charge is 0.488 e. The van der Waals surface area contributed by atoms with Crippen molar-refractivity contribution in [2.24, 2.45) is 0 Å². The molecule has 0 aromatic heterocycles. The minimum absolute atomic E-state index is 0.240. The molecule has 0 aliphatic rings. The molecule has 0 aliphatic carbocycles. The van der Waals surface area contributed by atoms with E-state index in [4.69, 9.17) is 4.74 Å². The van der Waals surface area contributed by atoms with E-state index in [0.717, 1.165) is 33.6 Å². The summed E-state index contributed by atoms with van der Waals surface area (Å²) in [5.41, 5.74) is 5.77. The Morgan fingerprint density at radius 2 is 1.62 bits per heavy atom. The van der Waals surface area contributed by atoms with E-state index >= 15 is 0 Å². The van der Waals surface area contributed by atoms with Crippen LogP contribution >= 0.6 is 15.9 Å². The quantitative estimate of drug-likeness (QED) is 0.504. The van der Waals surface area contributed by atoms with Crippen LogP contribution in [0, 0.1) is 19.7 Å². The van der Waals surface area contributed by atoms with Crippen LogP contribution in [0.4, 0.5) is 10.1 Å². The highest BCUT2D eigenvalue weighted by molar-refractivity contribution is 9.10. The lowest BCUT2D eigenvalue weighted by molar-refractivity contribution is 0.304. The maximum Gasteiger partial charge on any atom is 0.134 e. The highest BCUT2D eigenvalue weighted by atomic mass is 79.9. The van der Waals surface area contributed by atoms with E-state index in [2.05, 4.69) is 53.3 Å². The Kier molecular flexibility index (Phi) is 5.94. The molecule has 0 amide bonds. The first-order valence-electron chi connectivity index (χ1n) is 8.48. The number of halogens is 2. The van der Waals surface area contributed by atoms with Crippen LogP contribution in [0.5, 0.6) is 5.75 Å². The van der Waals surface area contributed by atoms with Crippen LogP contribution in [0.1, 0.15) is 22.3 Å². The number of ether oxygens (including phenoxy) is 1. The fourth-order valence-electron chi connectivity index (χ4n) is 2.57. The van der Waals surface area contributed by atoms with Crippen molar-refractivity contribution in [3.8, 4) is 5.75 Å². The van der Waals surface area contributed by atoms with Crippen molar-refractivity contribution >= 4 is 21.6 Å². The predicted octanol–water partition coefficient (Wildman–Crippen LogP) is 6.40. The standard InChI is InChI=1S/C22H21BrFNO/c1-15-3-9-20(11-16(15)2)25-13-18-6-10-22(21(23)12-18)26-14-17-4-7-19(24)8-5-17/h3-12,25H,13-14H2,1-2H3. The highest BCUT2D eigenvalue weighted by Crippen LogP contribution is 2.27. The SMILES string of the molecule is Cc1ccc(NCc2ccc(OCc3ccc(F)cc3)c(Br)c2)cc1C. The fraction of sp³-hybridized carbons (Fsp3) is 0.182. The van der Waals surface area contributed by atoms with Crippen LogP contribution in [0.2, 0.25) is 0 Å². The van der Waals surface area contributed by atoms with Crippen molar-refractivity contribution < 1.29 is 9.13 Å². The van der Waals surface area contributed by atoms with Crippen LogP contribution in [-0.4, -0.2) is 0 Å². The summed E-state index contributed by atoms with van der Waals surface area (Å²) in [6.07, 6.45) is 0. The van der Waals surface area contributed by atoms with Gasteiger partial charge in [0.1, 0.15) is 18.2 Å². The van der Waals surface area contributed by atoms with Gasteiger partial charge in [0.2, 0.25) is 0 Å². The number of hydrogen-bond donors (Lipinski definition) is 1. The van der Waals surface area contributed by atoms with Gasteiger partial charge in [-0.25, -0.2) is 4.39 Å². The van der Waals surface area contributed by atoms with Gasteiger partial charge in [0.25, 0.3) is 0 Å². The smallest absolute Gasteiger partial charge is 0.134 e. The molecule has 3 aromatic carbocycles. The number of anilines is 1. The fourth-order valence-corrected chi connectivity index (χ4v) is 3.11. The van der Waals surface area contributed by atoms with Gasteiger partial charge in [-0.1, -0.05) is 24.3 Å². The number of benzene rings is 3. The van der Waals surface area contributed by atoms with Crippen molar-refractivity contribution in [1.82, 2.24) is 0 Å². The molecule has 0 spiro atoms. The van der Waals surface area contributed by atoms with Gasteiger partial charge in [-0.3, -0.25) is 0 Å². The van der Waals surface area contributed by atoms with E-state index in [0.29, 0.717) is 6.61 Å². The van der Waals surface area contributed by atoms with E-state index in [1.54, 1.807) is 12.1 Å². The summed E-state index contributed by atoms with van der Waals surface area (Å²) >= 11 is 3.57. The molecule has 3 aromatic rings. The molecule has 134 valence electrons. The molecule has 0 heterocycles. The zero-order valence-corrected chi connectivity index (χ0v) is 16.4. The van der Waals surface area contributed by atoms with Gasteiger partial charge < -0.3 is 10.1 Å². The third kappa shape index (κ3) is 4.85. The van der Waals surface area contributed by atoms with E-state index in [1.807, 2.05) is 18.2 Å². The molecule has 2 nitrogen and oxygen atoms in total. The third-order valence-electron chi connectivity index (χ3n) is 4.31. The maximum absolute atomic E-state index is 12.9. The molecule has 3 rings (SSSR count). The van der Waals surface area contributed by atoms with Crippen molar-refractivity contribution in [3.05, 3.63) is 93.2 Å². The van der Waals surface area contributed by atoms with Crippen molar-refractivity contribution in [2.45, 2.75) is 27.0 Å². The number of nitrogens with one attached hydrogen (secondary N) is 1. The van der Waals surface area contributed by atoms with Crippen LogP contribution in [0.15, 0.2) is 65.1 Å². The first-order valence-corrected chi connectivity index (χ1v) is 9.27. The summed E-state index contributed by atoms with van der Waals surface area (Å²) in [7, 11) is 0. The Bertz CT molecular complexity index is 893. The lowest BCUT2D eigenvalue weighted by atomic mass is 10.1. The van der Waals surface area contributed by atoms with Crippen LogP contribution in [0.3, 0.4) is 0 Å². The lowest BCUT2D eigenvalue weighted by Gasteiger charge is -2.12. The zero-order valence-electron chi connectivity index (χ0n) is 14.9. The summed E-state index contributed by atoms with van der Waals surface area (Å²) in [4.78, 5) is 0. The zero-order chi connectivity index (χ0) is 18.5. The van der Waals surface area contributed by atoms with E-state index in [-0.39, 0.29) is 5.82 Å². The highest BCUT2D eigenvalue weighted by Gasteiger charge is 2.04. The monoisotopic (exact) mass is 413 g/mol. The second kappa shape index (κ2) is 8.37. The Morgan fingerprint density at radius 3 is 2.31 bits per heavy atom. The van der Waals surface area contributed by atoms with Crippen LogP contribution in [0.25, 0.3) is 0 Å². The molecular formula is C22H21BrFNO. The molecule has 0 saturated carbocycles. The third-order valence-corrected chi connectivity index (χ3v) is 4.93. The van der Waals surface area contributed by atoms with E-state index in [1.165, 1.54) is 23.3 Å². The summed E-state index contributed by atoms with van der Waals surface area (Å²) < 4.78 is 19.7. The summed E-state index contributed by atoms with van der Waals surface area (Å²) in [6.45, 7) is 5.36. The van der Waals surface area contributed by atoms with E-state index in [9.17, 15) is 4.39 Å². The molecule has 0 fully saturated rings. The molecule has 1 N–H and O–H groups in total. The first-order chi connectivity index (χ1) is 12.5. The number of hydrogen-bond acceptors (Lipinski definition) is 2. The van der Waals surface area contributed by atoms with Gasteiger partial charge in [0, 0.05) is 12.2 Å². The minimum Gasteiger partial charge on any atom is -0.488 e. The van der Waals surface area contributed by atoms with Gasteiger partial charge >= 0.3 is 0 Å². The molecule has 0 aliphatic heterocycles. The normalized spacial score (nSPS) is 10.6. The average molecular weight is 414 g/mol. The predicted molar refractivity (Wildman–Crippen MR) is 108 cm³/mol. The Balaban J connectivity index is 1.59. The van der Waals surface area contributed by atoms with Gasteiger partial charge in [0.05, 0.1) is 4.47 Å². The average Bonchev–Trinajstić information content (AvgIpc) is 2.63. The molecule has 26 heavy (non-hydrogen) atoms. The molecule has 0 radical (unpaired) electrons. The van der Waals surface area contributed by atoms with Crippen LogP contribution < -0.4 is 10.1 Å². The van der Waals surface area contributed by atoms with Gasteiger partial charge in [0.15, 0.2) is 0 Å². The molecular weight excluding hydrogens is 393 g/mol. The minimum atomic E-state index is -0.240. The number of aryl methyl sites for hydroxylation is 2. The summed E-state index contributed by atoms with van der Waals surface area (Å²) in [5, 5.41) is 3.44. The Labute approximate surface area is 162 Å². The van der Waals surface area contributed by atoms with Crippen molar-refractivity contribution in [1.29, 1.82) is 0 Å². The molecule has 0 atom stereocenters. The lowest BCUT2D eigenvalue weighted by Crippen LogP contribution is -2.01. The molecule has 0 unspecified atom stereocenters. The van der Waals surface area contributed by atoms with Crippen molar-refractivity contribution in [3.63, 3.8) is 0 Å². The molecule has 4 heteroatoms. The van der Waals surface area contributed by atoms with Gasteiger partial charge in [-0.2, -0.15) is 0 Å². The van der Waals surface area contributed by atoms with Crippen molar-refractivity contribution in [2.75, 3.05) is 5.32 Å². The second-order valence-corrected chi connectivity index (χ2v) is 7.19. The molecule has 0 bridgehead atoms. The van der Waals surface area contributed by atoms with E-state index < -0.39 is 0 Å². The summed E-state index contributed by atoms with van der Waals surface area (Å²) in [6, 6.07) is 18.8. The maximum atomic E-state index is 12.9.